The van der Waals surface area contributed by atoms with Crippen molar-refractivity contribution in [3.05, 3.63) is 47.8 Å². The maximum absolute atomic E-state index is 17.3. The van der Waals surface area contributed by atoms with E-state index in [1.807, 2.05) is 0 Å². The average molecular weight is 506 g/mol. The van der Waals surface area contributed by atoms with E-state index in [0.717, 1.165) is 6.08 Å². The quantitative estimate of drug-likeness (QED) is 0.427. The second-order valence-corrected chi connectivity index (χ2v) is 11.4. The number of rotatable bonds is 3. The second kappa shape index (κ2) is 7.62. The summed E-state index contributed by atoms with van der Waals surface area (Å²) in [5.74, 6) is -3.28. The van der Waals surface area contributed by atoms with Crippen molar-refractivity contribution < 1.29 is 33.0 Å². The Morgan fingerprint density at radius 3 is 2.60 bits per heavy atom. The van der Waals surface area contributed by atoms with E-state index in [9.17, 15) is 19.5 Å². The molecule has 0 saturated heterocycles. The van der Waals surface area contributed by atoms with Crippen LogP contribution in [0.2, 0.25) is 0 Å². The molecule has 0 amide bonds. The highest BCUT2D eigenvalue weighted by Crippen LogP contribution is 2.71. The fourth-order valence-electron chi connectivity index (χ4n) is 7.90. The lowest BCUT2D eigenvalue weighted by atomic mass is 9.44. The summed E-state index contributed by atoms with van der Waals surface area (Å²) in [7, 11) is 0. The minimum absolute atomic E-state index is 0.0344. The maximum Gasteiger partial charge on any atom is 0.355 e. The fraction of sp³-hybridized carbons (Fsp3) is 0.577. The first-order chi connectivity index (χ1) is 16.3. The predicted octanol–water partition coefficient (Wildman–Crippen LogP) is 3.93. The number of allylic oxidation sites excluding steroid dienone is 4. The molecule has 35 heavy (non-hydrogen) atoms. The number of aromatic amines is 1. The van der Waals surface area contributed by atoms with Crippen LogP contribution in [0, 0.1) is 28.6 Å². The van der Waals surface area contributed by atoms with Crippen molar-refractivity contribution in [3.63, 3.8) is 0 Å². The molecule has 3 saturated carbocycles. The molecule has 9 heteroatoms. The van der Waals surface area contributed by atoms with Crippen LogP contribution in [0.25, 0.3) is 0 Å². The van der Waals surface area contributed by atoms with Gasteiger partial charge in [0.1, 0.15) is 11.9 Å². The van der Waals surface area contributed by atoms with Gasteiger partial charge in [-0.25, -0.2) is 13.6 Å². The van der Waals surface area contributed by atoms with Gasteiger partial charge in [0.2, 0.25) is 5.12 Å². The molecule has 1 aromatic heterocycles. The number of ether oxygens (including phenoxy) is 1. The third-order valence-electron chi connectivity index (χ3n) is 9.56. The van der Waals surface area contributed by atoms with Crippen LogP contribution in [0.4, 0.5) is 8.78 Å². The van der Waals surface area contributed by atoms with Crippen molar-refractivity contribution in [2.24, 2.45) is 28.6 Å². The molecule has 3 fully saturated rings. The molecular weight excluding hydrogens is 476 g/mol. The van der Waals surface area contributed by atoms with Gasteiger partial charge in [-0.1, -0.05) is 19.9 Å². The van der Waals surface area contributed by atoms with Crippen LogP contribution < -0.4 is 0 Å². The van der Waals surface area contributed by atoms with Crippen LogP contribution in [0.5, 0.6) is 0 Å². The van der Waals surface area contributed by atoms with E-state index >= 15 is 8.78 Å². The number of halogens is 2. The standard InChI is InChI=1S/C26H29F2NO5S/c1-13-9-15-16-11-18(27)17-10-14(30)6-7-23(17,2)25(16,28)20(31)12-24(15,3)26(13,22(33)35)34-21(32)19-5-4-8-29-19/h4-8,10,13,15-16,18,20,29,31H,9,11-12H2,1-3H3,(H,33,35)/t13-,15+,16+,18+,20+,23+,24+,25+,26+/m1/s1. The molecule has 1 heterocycles. The molecule has 0 bridgehead atoms. The summed E-state index contributed by atoms with van der Waals surface area (Å²) in [6.07, 6.45) is 1.94. The molecule has 1 aromatic rings. The van der Waals surface area contributed by atoms with Crippen molar-refractivity contribution in [1.82, 2.24) is 4.98 Å². The first-order valence-corrected chi connectivity index (χ1v) is 12.3. The van der Waals surface area contributed by atoms with Gasteiger partial charge >= 0.3 is 5.97 Å². The van der Waals surface area contributed by atoms with Crippen LogP contribution in [-0.4, -0.2) is 50.5 Å². The lowest BCUT2D eigenvalue weighted by Gasteiger charge is -2.63. The monoisotopic (exact) mass is 505 g/mol. The van der Waals surface area contributed by atoms with Crippen molar-refractivity contribution >= 4 is 29.5 Å². The van der Waals surface area contributed by atoms with Gasteiger partial charge in [-0.05, 0) is 62.0 Å². The van der Waals surface area contributed by atoms with Gasteiger partial charge in [-0.15, -0.1) is 12.6 Å². The summed E-state index contributed by atoms with van der Waals surface area (Å²) in [4.78, 5) is 40.9. The molecule has 2 N–H and O–H groups in total. The zero-order chi connectivity index (χ0) is 25.6. The topological polar surface area (TPSA) is 96.5 Å². The van der Waals surface area contributed by atoms with E-state index in [0.29, 0.717) is 0 Å². The van der Waals surface area contributed by atoms with E-state index in [1.54, 1.807) is 26.1 Å². The molecule has 6 nitrogen and oxygen atoms in total. The van der Waals surface area contributed by atoms with E-state index < -0.39 is 69.0 Å². The molecule has 0 aromatic carbocycles. The van der Waals surface area contributed by atoms with Crippen LogP contribution in [-0.2, 0) is 14.3 Å². The van der Waals surface area contributed by atoms with E-state index in [-0.39, 0.29) is 30.5 Å². The van der Waals surface area contributed by atoms with Gasteiger partial charge in [0.15, 0.2) is 17.1 Å². The highest BCUT2D eigenvalue weighted by molar-refractivity contribution is 7.96. The molecule has 4 aliphatic carbocycles. The number of carbonyl (C=O) groups is 3. The molecule has 0 radical (unpaired) electrons. The highest BCUT2D eigenvalue weighted by Gasteiger charge is 2.78. The Labute approximate surface area is 207 Å². The maximum atomic E-state index is 17.3. The number of thiol groups is 1. The van der Waals surface area contributed by atoms with Gasteiger partial charge < -0.3 is 14.8 Å². The third kappa shape index (κ3) is 2.88. The molecular formula is C26H29F2NO5S. The summed E-state index contributed by atoms with van der Waals surface area (Å²) in [6, 6.07) is 3.13. The van der Waals surface area contributed by atoms with Crippen LogP contribution >= 0.6 is 12.6 Å². The van der Waals surface area contributed by atoms with Crippen molar-refractivity contribution in [1.29, 1.82) is 0 Å². The summed E-state index contributed by atoms with van der Waals surface area (Å²) in [5, 5.41) is 10.7. The summed E-state index contributed by atoms with van der Waals surface area (Å²) < 4.78 is 38.8. The second-order valence-electron chi connectivity index (χ2n) is 11.0. The zero-order valence-electron chi connectivity index (χ0n) is 19.8. The van der Waals surface area contributed by atoms with Crippen LogP contribution in [0.15, 0.2) is 42.1 Å². The van der Waals surface area contributed by atoms with Gasteiger partial charge in [-0.2, -0.15) is 0 Å². The van der Waals surface area contributed by atoms with E-state index in [1.165, 1.54) is 25.1 Å². The number of aromatic nitrogens is 1. The number of carbonyl (C=O) groups excluding carboxylic acids is 3. The Morgan fingerprint density at radius 1 is 1.26 bits per heavy atom. The minimum atomic E-state index is -2.28. The number of esters is 1. The van der Waals surface area contributed by atoms with Gasteiger partial charge in [-0.3, -0.25) is 9.59 Å². The van der Waals surface area contributed by atoms with Gasteiger partial charge in [0.05, 0.1) is 6.10 Å². The molecule has 5 rings (SSSR count). The van der Waals surface area contributed by atoms with Gasteiger partial charge in [0, 0.05) is 28.9 Å². The number of H-pyrrole nitrogens is 1. The minimum Gasteiger partial charge on any atom is -0.445 e. The summed E-state index contributed by atoms with van der Waals surface area (Å²) in [6.45, 7) is 4.97. The lowest BCUT2D eigenvalue weighted by molar-refractivity contribution is -0.221. The number of aliphatic hydroxyl groups excluding tert-OH is 1. The molecule has 188 valence electrons. The van der Waals surface area contributed by atoms with Crippen LogP contribution in [0.3, 0.4) is 0 Å². The van der Waals surface area contributed by atoms with Crippen molar-refractivity contribution in [3.8, 4) is 0 Å². The summed E-state index contributed by atoms with van der Waals surface area (Å²) in [5.41, 5.74) is -6.56. The predicted molar refractivity (Wildman–Crippen MR) is 126 cm³/mol. The number of alkyl halides is 2. The number of hydrogen-bond acceptors (Lipinski definition) is 5. The van der Waals surface area contributed by atoms with E-state index in [2.05, 4.69) is 17.6 Å². The Kier molecular flexibility index (Phi) is 5.32. The highest BCUT2D eigenvalue weighted by atomic mass is 32.1. The smallest absolute Gasteiger partial charge is 0.355 e. The molecule has 0 spiro atoms. The van der Waals surface area contributed by atoms with Crippen molar-refractivity contribution in [2.75, 3.05) is 0 Å². The normalized spacial score (nSPS) is 46.3. The van der Waals surface area contributed by atoms with Gasteiger partial charge in [0.25, 0.3) is 0 Å². The Hall–Kier alpha value is -2.26. The molecule has 0 aliphatic heterocycles. The Balaban J connectivity index is 1.62. The molecule has 9 atom stereocenters. The number of ketones is 1. The number of aliphatic hydroxyl groups is 1. The first-order valence-electron chi connectivity index (χ1n) is 11.9. The SMILES string of the molecule is C[C@@H]1C[C@H]2[C@@H]3C[C@H](F)C4=CC(=O)C=C[C@]4(C)[C@@]3(F)[C@@H](O)C[C@]2(C)[C@@]1(OC(=O)c1ccc[nH]1)C(=O)S. The first kappa shape index (κ1) is 24.4. The Bertz CT molecular complexity index is 1170. The number of nitrogens with one attached hydrogen (secondary N) is 1. The number of fused-ring (bicyclic) bond motifs is 5. The van der Waals surface area contributed by atoms with Crippen LogP contribution in [0.1, 0.15) is 50.5 Å². The zero-order valence-corrected chi connectivity index (χ0v) is 20.6. The largest absolute Gasteiger partial charge is 0.445 e. The molecule has 4 aliphatic rings. The Morgan fingerprint density at radius 2 is 1.97 bits per heavy atom. The third-order valence-corrected chi connectivity index (χ3v) is 9.89. The summed E-state index contributed by atoms with van der Waals surface area (Å²) >= 11 is 4.13. The fourth-order valence-corrected chi connectivity index (χ4v) is 8.42. The van der Waals surface area contributed by atoms with Crippen molar-refractivity contribution in [2.45, 2.75) is 63.6 Å². The number of hydrogen-bond donors (Lipinski definition) is 3. The van der Waals surface area contributed by atoms with E-state index in [4.69, 9.17) is 4.74 Å². The molecule has 0 unspecified atom stereocenters. The average Bonchev–Trinajstić information content (AvgIpc) is 3.39. The lowest BCUT2D eigenvalue weighted by Crippen LogP contribution is -2.70.